The van der Waals surface area contributed by atoms with Crippen LogP contribution in [0.4, 0.5) is 19.0 Å². The minimum Gasteiger partial charge on any atom is -0.465 e. The first-order chi connectivity index (χ1) is 15.3. The van der Waals surface area contributed by atoms with Crippen molar-refractivity contribution in [3.63, 3.8) is 0 Å². The number of amides is 1. The third-order valence-electron chi connectivity index (χ3n) is 5.98. The number of methoxy groups -OCH3 is 1. The lowest BCUT2D eigenvalue weighted by Gasteiger charge is -2.36. The van der Waals surface area contributed by atoms with Crippen LogP contribution in [0.3, 0.4) is 0 Å². The number of rotatable bonds is 4. The molecule has 32 heavy (non-hydrogen) atoms. The van der Waals surface area contributed by atoms with Gasteiger partial charge in [-0.15, -0.1) is 11.3 Å². The average Bonchev–Trinajstić information content (AvgIpc) is 3.22. The van der Waals surface area contributed by atoms with Crippen LogP contribution in [0.5, 0.6) is 0 Å². The Morgan fingerprint density at radius 2 is 1.78 bits per heavy atom. The number of carbonyl (C=O) groups excluding carboxylic acids is 2. The molecule has 0 aliphatic carbocycles. The van der Waals surface area contributed by atoms with Gasteiger partial charge in [0, 0.05) is 44.6 Å². The number of alkyl halides is 3. The van der Waals surface area contributed by atoms with Crippen LogP contribution in [-0.2, 0) is 15.7 Å². The van der Waals surface area contributed by atoms with E-state index in [1.54, 1.807) is 4.90 Å². The predicted octanol–water partition coefficient (Wildman–Crippen LogP) is 3.24. The van der Waals surface area contributed by atoms with E-state index in [2.05, 4.69) is 4.98 Å². The highest BCUT2D eigenvalue weighted by Gasteiger charge is 2.36. The smallest absolute Gasteiger partial charge is 0.417 e. The normalized spacial score (nSPS) is 18.2. The molecule has 4 heterocycles. The second-order valence-corrected chi connectivity index (χ2v) is 8.93. The molecule has 2 fully saturated rings. The summed E-state index contributed by atoms with van der Waals surface area (Å²) in [5.41, 5.74) is -0.764. The van der Waals surface area contributed by atoms with Crippen molar-refractivity contribution in [2.75, 3.05) is 57.8 Å². The minimum absolute atomic E-state index is 0.00869. The zero-order chi connectivity index (χ0) is 22.9. The van der Waals surface area contributed by atoms with Gasteiger partial charge in [-0.1, -0.05) is 0 Å². The Morgan fingerprint density at radius 1 is 1.09 bits per heavy atom. The van der Waals surface area contributed by atoms with Gasteiger partial charge in [-0.2, -0.15) is 13.2 Å². The first kappa shape index (κ1) is 22.8. The Labute approximate surface area is 187 Å². The first-order valence-corrected chi connectivity index (χ1v) is 11.5. The lowest BCUT2D eigenvalue weighted by Crippen LogP contribution is -2.51. The van der Waals surface area contributed by atoms with Crippen LogP contribution in [0.1, 0.15) is 35.2 Å². The highest BCUT2D eigenvalue weighted by Crippen LogP contribution is 2.40. The number of likely N-dealkylation sites (tertiary alicyclic amines) is 1. The number of hydrogen-bond donors (Lipinski definition) is 0. The van der Waals surface area contributed by atoms with E-state index in [4.69, 9.17) is 4.74 Å². The van der Waals surface area contributed by atoms with Gasteiger partial charge >= 0.3 is 12.1 Å². The monoisotopic (exact) mass is 470 g/mol. The van der Waals surface area contributed by atoms with E-state index in [-0.39, 0.29) is 27.5 Å². The van der Waals surface area contributed by atoms with Crippen LogP contribution in [0.25, 0.3) is 10.2 Å². The average molecular weight is 471 g/mol. The van der Waals surface area contributed by atoms with E-state index >= 15 is 0 Å². The van der Waals surface area contributed by atoms with Crippen molar-refractivity contribution in [3.05, 3.63) is 22.6 Å². The largest absolute Gasteiger partial charge is 0.465 e. The number of nitrogens with zero attached hydrogens (tertiary/aromatic N) is 4. The molecule has 0 radical (unpaired) electrons. The molecule has 2 saturated heterocycles. The molecule has 11 heteroatoms. The third kappa shape index (κ3) is 4.68. The minimum atomic E-state index is -4.57. The number of thiophene rings is 1. The fourth-order valence-electron chi connectivity index (χ4n) is 4.19. The zero-order valence-corrected chi connectivity index (χ0v) is 18.6. The number of halogens is 3. The molecule has 0 spiro atoms. The number of pyridine rings is 1. The van der Waals surface area contributed by atoms with Crippen molar-refractivity contribution < 1.29 is 27.5 Å². The lowest BCUT2D eigenvalue weighted by molar-refractivity contribution is -0.136. The van der Waals surface area contributed by atoms with Gasteiger partial charge in [0.05, 0.1) is 35.0 Å². The molecule has 7 nitrogen and oxygen atoms in total. The van der Waals surface area contributed by atoms with Gasteiger partial charge in [0.15, 0.2) is 0 Å². The molecular formula is C21H25F3N4O3S. The first-order valence-electron chi connectivity index (χ1n) is 10.6. The van der Waals surface area contributed by atoms with Crippen LogP contribution < -0.4 is 4.90 Å². The molecule has 0 unspecified atom stereocenters. The fourth-order valence-corrected chi connectivity index (χ4v) is 5.20. The molecule has 2 aliphatic heterocycles. The quantitative estimate of drug-likeness (QED) is 0.640. The van der Waals surface area contributed by atoms with Crippen molar-refractivity contribution in [1.82, 2.24) is 14.8 Å². The summed E-state index contributed by atoms with van der Waals surface area (Å²) in [7, 11) is 1.19. The molecule has 174 valence electrons. The summed E-state index contributed by atoms with van der Waals surface area (Å²) in [5, 5.41) is 1.35. The second kappa shape index (κ2) is 9.22. The fraction of sp³-hybridized carbons (Fsp3) is 0.571. The van der Waals surface area contributed by atoms with Crippen molar-refractivity contribution in [2.45, 2.75) is 25.4 Å². The van der Waals surface area contributed by atoms with E-state index in [1.807, 2.05) is 9.80 Å². The van der Waals surface area contributed by atoms with Gasteiger partial charge in [0.2, 0.25) is 5.91 Å². The molecule has 0 N–H and O–H groups in total. The van der Waals surface area contributed by atoms with Crippen LogP contribution in [-0.4, -0.2) is 79.6 Å². The SMILES string of the molecule is COC(=O)c1csc2c(C(F)(F)F)cc(N3CCN(CC(=O)N4CCCCC4)CC3)nc12. The summed E-state index contributed by atoms with van der Waals surface area (Å²) < 4.78 is 45.8. The Morgan fingerprint density at radius 3 is 2.41 bits per heavy atom. The Bertz CT molecular complexity index is 996. The van der Waals surface area contributed by atoms with Crippen LogP contribution >= 0.6 is 11.3 Å². The number of piperidine rings is 1. The van der Waals surface area contributed by atoms with Gasteiger partial charge in [-0.3, -0.25) is 9.69 Å². The van der Waals surface area contributed by atoms with Crippen molar-refractivity contribution in [1.29, 1.82) is 0 Å². The standard InChI is InChI=1S/C21H25F3N4O3S/c1-31-20(30)14-13-32-19-15(21(22,23)24)11-16(25-18(14)19)27-9-7-26(8-10-27)12-17(29)28-5-3-2-4-6-28/h11,13H,2-10,12H2,1H3. The number of fused-ring (bicyclic) bond motifs is 1. The molecule has 0 aromatic carbocycles. The molecule has 2 aliphatic rings. The van der Waals surface area contributed by atoms with Crippen LogP contribution in [0.15, 0.2) is 11.4 Å². The van der Waals surface area contributed by atoms with Crippen molar-refractivity contribution in [2.24, 2.45) is 0 Å². The number of ether oxygens (including phenoxy) is 1. The number of hydrogen-bond acceptors (Lipinski definition) is 7. The number of anilines is 1. The summed E-state index contributed by atoms with van der Waals surface area (Å²) in [6.07, 6.45) is -1.35. The van der Waals surface area contributed by atoms with E-state index in [0.717, 1.165) is 49.8 Å². The molecule has 4 rings (SSSR count). The highest BCUT2D eigenvalue weighted by molar-refractivity contribution is 7.17. The summed E-state index contributed by atoms with van der Waals surface area (Å²) in [6.45, 7) is 3.91. The Balaban J connectivity index is 1.51. The molecule has 1 amide bonds. The van der Waals surface area contributed by atoms with Gasteiger partial charge in [-0.05, 0) is 25.3 Å². The van der Waals surface area contributed by atoms with Crippen molar-refractivity contribution >= 4 is 39.2 Å². The molecule has 0 saturated carbocycles. The molecule has 2 aromatic rings. The number of aromatic nitrogens is 1. The molecular weight excluding hydrogens is 445 g/mol. The third-order valence-corrected chi connectivity index (χ3v) is 6.99. The van der Waals surface area contributed by atoms with E-state index in [1.165, 1.54) is 12.5 Å². The van der Waals surface area contributed by atoms with Crippen LogP contribution in [0.2, 0.25) is 0 Å². The second-order valence-electron chi connectivity index (χ2n) is 8.05. The van der Waals surface area contributed by atoms with Gasteiger partial charge in [0.25, 0.3) is 0 Å². The molecule has 2 aromatic heterocycles. The maximum Gasteiger partial charge on any atom is 0.417 e. The van der Waals surface area contributed by atoms with E-state index in [0.29, 0.717) is 32.7 Å². The van der Waals surface area contributed by atoms with Gasteiger partial charge in [-0.25, -0.2) is 9.78 Å². The lowest BCUT2D eigenvalue weighted by atomic mass is 10.1. The number of esters is 1. The summed E-state index contributed by atoms with van der Waals surface area (Å²) in [4.78, 5) is 34.6. The zero-order valence-electron chi connectivity index (χ0n) is 17.8. The maximum absolute atomic E-state index is 13.7. The Kier molecular flexibility index (Phi) is 6.57. The summed E-state index contributed by atoms with van der Waals surface area (Å²) in [5.74, 6) is -0.427. The molecule has 0 atom stereocenters. The maximum atomic E-state index is 13.7. The van der Waals surface area contributed by atoms with Crippen molar-refractivity contribution in [3.8, 4) is 0 Å². The van der Waals surface area contributed by atoms with Crippen LogP contribution in [0, 0.1) is 0 Å². The molecule has 0 bridgehead atoms. The van der Waals surface area contributed by atoms with E-state index < -0.39 is 17.7 Å². The summed E-state index contributed by atoms with van der Waals surface area (Å²) >= 11 is 0.835. The topological polar surface area (TPSA) is 66.0 Å². The van der Waals surface area contributed by atoms with E-state index in [9.17, 15) is 22.8 Å². The number of carbonyl (C=O) groups is 2. The summed E-state index contributed by atoms with van der Waals surface area (Å²) in [6, 6.07) is 1.05. The number of piperazine rings is 1. The predicted molar refractivity (Wildman–Crippen MR) is 115 cm³/mol. The Hall–Kier alpha value is -2.40. The highest BCUT2D eigenvalue weighted by atomic mass is 32.1. The van der Waals surface area contributed by atoms with Gasteiger partial charge in [0.1, 0.15) is 5.82 Å². The van der Waals surface area contributed by atoms with Gasteiger partial charge < -0.3 is 14.5 Å².